The van der Waals surface area contributed by atoms with E-state index in [2.05, 4.69) is 5.32 Å². The minimum Gasteiger partial charge on any atom is -0.492 e. The number of hydrogen-bond donors (Lipinski definition) is 2. The van der Waals surface area contributed by atoms with E-state index in [1.54, 1.807) is 24.1 Å². The van der Waals surface area contributed by atoms with Crippen molar-refractivity contribution in [3.63, 3.8) is 0 Å². The number of halogens is 2. The molecule has 2 rings (SSSR count). The Labute approximate surface area is 129 Å². The van der Waals surface area contributed by atoms with Crippen LogP contribution in [0.25, 0.3) is 0 Å². The minimum absolute atomic E-state index is 0. The van der Waals surface area contributed by atoms with Gasteiger partial charge in [0.2, 0.25) is 5.91 Å². The van der Waals surface area contributed by atoms with Crippen LogP contribution < -0.4 is 10.1 Å². The number of aliphatic hydroxyl groups excluding tert-OH is 1. The lowest BCUT2D eigenvalue weighted by atomic mass is 10.2. The van der Waals surface area contributed by atoms with E-state index in [1.165, 1.54) is 12.1 Å². The lowest BCUT2D eigenvalue weighted by Crippen LogP contribution is -2.43. The fourth-order valence-corrected chi connectivity index (χ4v) is 2.11. The molecule has 118 valence electrons. The molecule has 1 amide bonds. The topological polar surface area (TPSA) is 61.8 Å². The van der Waals surface area contributed by atoms with Crippen molar-refractivity contribution in [2.45, 2.75) is 18.6 Å². The standard InChI is InChI=1S/C14H19FN2O3.ClH/c1-17(14(19)13-8-11(18)9-16-13)6-7-20-12-4-2-10(15)3-5-12;/h2-5,11,13,16,18H,6-9H2,1H3;1H. The van der Waals surface area contributed by atoms with Crippen molar-refractivity contribution in [2.24, 2.45) is 0 Å². The number of nitrogens with zero attached hydrogens (tertiary/aromatic N) is 1. The molecule has 1 aromatic rings. The van der Waals surface area contributed by atoms with Crippen molar-refractivity contribution in [2.75, 3.05) is 26.7 Å². The van der Waals surface area contributed by atoms with Crippen molar-refractivity contribution < 1.29 is 19.0 Å². The third-order valence-electron chi connectivity index (χ3n) is 3.29. The summed E-state index contributed by atoms with van der Waals surface area (Å²) in [5.74, 6) is 0.210. The zero-order valence-corrected chi connectivity index (χ0v) is 12.6. The Morgan fingerprint density at radius 2 is 2.14 bits per heavy atom. The quantitative estimate of drug-likeness (QED) is 0.843. The molecular formula is C14H20ClFN2O3. The van der Waals surface area contributed by atoms with Crippen molar-refractivity contribution in [1.29, 1.82) is 0 Å². The first-order valence-corrected chi connectivity index (χ1v) is 6.61. The van der Waals surface area contributed by atoms with E-state index in [0.29, 0.717) is 31.9 Å². The molecule has 1 heterocycles. The van der Waals surface area contributed by atoms with Crippen molar-refractivity contribution >= 4 is 18.3 Å². The summed E-state index contributed by atoms with van der Waals surface area (Å²) in [6.07, 6.45) is -0.00468. The predicted molar refractivity (Wildman–Crippen MR) is 79.2 cm³/mol. The van der Waals surface area contributed by atoms with E-state index in [9.17, 15) is 14.3 Å². The van der Waals surface area contributed by atoms with Crippen LogP contribution in [0, 0.1) is 5.82 Å². The van der Waals surface area contributed by atoms with Crippen LogP contribution in [0.2, 0.25) is 0 Å². The highest BCUT2D eigenvalue weighted by Crippen LogP contribution is 2.11. The normalized spacial score (nSPS) is 20.7. The molecule has 5 nitrogen and oxygen atoms in total. The number of hydrogen-bond acceptors (Lipinski definition) is 4. The lowest BCUT2D eigenvalue weighted by Gasteiger charge is -2.21. The highest BCUT2D eigenvalue weighted by molar-refractivity contribution is 5.85. The van der Waals surface area contributed by atoms with Crippen LogP contribution in [0.1, 0.15) is 6.42 Å². The zero-order valence-electron chi connectivity index (χ0n) is 11.8. The number of aliphatic hydroxyl groups is 1. The third-order valence-corrected chi connectivity index (χ3v) is 3.29. The fraction of sp³-hybridized carbons (Fsp3) is 0.500. The van der Waals surface area contributed by atoms with Crippen molar-refractivity contribution in [1.82, 2.24) is 10.2 Å². The molecule has 7 heteroatoms. The van der Waals surface area contributed by atoms with Gasteiger partial charge in [0.1, 0.15) is 18.2 Å². The monoisotopic (exact) mass is 318 g/mol. The first-order valence-electron chi connectivity index (χ1n) is 6.61. The van der Waals surface area contributed by atoms with Gasteiger partial charge in [-0.15, -0.1) is 12.4 Å². The number of carbonyl (C=O) groups is 1. The molecule has 2 unspecified atom stereocenters. The molecule has 0 spiro atoms. The molecule has 0 saturated carbocycles. The summed E-state index contributed by atoms with van der Waals surface area (Å²) in [6.45, 7) is 1.23. The number of nitrogens with one attached hydrogen (secondary N) is 1. The van der Waals surface area contributed by atoms with Gasteiger partial charge in [-0.2, -0.15) is 0 Å². The lowest BCUT2D eigenvalue weighted by molar-refractivity contribution is -0.132. The Kier molecular flexibility index (Phi) is 6.87. The molecule has 0 bridgehead atoms. The van der Waals surface area contributed by atoms with Gasteiger partial charge in [0.05, 0.1) is 18.7 Å². The van der Waals surface area contributed by atoms with Crippen LogP contribution in [0.3, 0.4) is 0 Å². The second-order valence-electron chi connectivity index (χ2n) is 4.91. The van der Waals surface area contributed by atoms with Gasteiger partial charge in [-0.1, -0.05) is 0 Å². The SMILES string of the molecule is CN(CCOc1ccc(F)cc1)C(=O)C1CC(O)CN1.Cl. The molecule has 1 aliphatic rings. The summed E-state index contributed by atoms with van der Waals surface area (Å²) < 4.78 is 18.1. The molecule has 0 aliphatic carbocycles. The predicted octanol–water partition coefficient (Wildman–Crippen LogP) is 0.807. The molecule has 1 aromatic carbocycles. The van der Waals surface area contributed by atoms with E-state index in [1.807, 2.05) is 0 Å². The molecule has 1 saturated heterocycles. The van der Waals surface area contributed by atoms with Crippen molar-refractivity contribution in [3.05, 3.63) is 30.1 Å². The van der Waals surface area contributed by atoms with Gasteiger partial charge >= 0.3 is 0 Å². The summed E-state index contributed by atoms with van der Waals surface area (Å²) in [6, 6.07) is 5.43. The summed E-state index contributed by atoms with van der Waals surface area (Å²) in [4.78, 5) is 13.6. The van der Waals surface area contributed by atoms with Gasteiger partial charge in [0.15, 0.2) is 0 Å². The highest BCUT2D eigenvalue weighted by Gasteiger charge is 2.29. The van der Waals surface area contributed by atoms with Crippen LogP contribution >= 0.6 is 12.4 Å². The maximum absolute atomic E-state index is 12.7. The Hall–Kier alpha value is -1.37. The van der Waals surface area contributed by atoms with E-state index in [-0.39, 0.29) is 30.2 Å². The average Bonchev–Trinajstić information content (AvgIpc) is 2.86. The average molecular weight is 319 g/mol. The number of ether oxygens (including phenoxy) is 1. The van der Waals surface area contributed by atoms with Gasteiger partial charge in [0, 0.05) is 13.6 Å². The maximum atomic E-state index is 12.7. The second kappa shape index (κ2) is 8.17. The third kappa shape index (κ3) is 5.15. The molecule has 2 atom stereocenters. The van der Waals surface area contributed by atoms with Gasteiger partial charge in [-0.25, -0.2) is 4.39 Å². The molecule has 1 fully saturated rings. The maximum Gasteiger partial charge on any atom is 0.239 e. The number of carbonyl (C=O) groups excluding carboxylic acids is 1. The number of β-amino-alcohol motifs (C(OH)–C–C–N with tert-alkyl or cyclic N) is 1. The molecular weight excluding hydrogens is 299 g/mol. The van der Waals surface area contributed by atoms with Crippen molar-refractivity contribution in [3.8, 4) is 5.75 Å². The first kappa shape index (κ1) is 17.7. The molecule has 1 aliphatic heterocycles. The van der Waals surface area contributed by atoms with E-state index in [4.69, 9.17) is 4.74 Å². The molecule has 0 aromatic heterocycles. The van der Waals surface area contributed by atoms with Crippen LogP contribution in [0.5, 0.6) is 5.75 Å². The number of amides is 1. The van der Waals surface area contributed by atoms with E-state index < -0.39 is 6.10 Å². The first-order chi connectivity index (χ1) is 9.56. The van der Waals surface area contributed by atoms with Gasteiger partial charge < -0.3 is 20.1 Å². The number of benzene rings is 1. The van der Waals surface area contributed by atoms with Crippen LogP contribution in [0.15, 0.2) is 24.3 Å². The number of likely N-dealkylation sites (N-methyl/N-ethyl adjacent to an activating group) is 1. The van der Waals surface area contributed by atoms with E-state index in [0.717, 1.165) is 0 Å². The van der Waals surface area contributed by atoms with Crippen LogP contribution in [-0.2, 0) is 4.79 Å². The largest absolute Gasteiger partial charge is 0.492 e. The number of rotatable bonds is 5. The zero-order chi connectivity index (χ0) is 14.5. The Morgan fingerprint density at radius 1 is 1.48 bits per heavy atom. The summed E-state index contributed by atoms with van der Waals surface area (Å²) in [5.41, 5.74) is 0. The summed E-state index contributed by atoms with van der Waals surface area (Å²) >= 11 is 0. The summed E-state index contributed by atoms with van der Waals surface area (Å²) in [7, 11) is 1.70. The van der Waals surface area contributed by atoms with Crippen LogP contribution in [-0.4, -0.2) is 54.8 Å². The Morgan fingerprint density at radius 3 is 2.71 bits per heavy atom. The molecule has 21 heavy (non-hydrogen) atoms. The smallest absolute Gasteiger partial charge is 0.239 e. The highest BCUT2D eigenvalue weighted by atomic mass is 35.5. The molecule has 0 radical (unpaired) electrons. The van der Waals surface area contributed by atoms with Gasteiger partial charge in [0.25, 0.3) is 0 Å². The summed E-state index contributed by atoms with van der Waals surface area (Å²) in [5, 5.41) is 12.4. The molecule has 2 N–H and O–H groups in total. The van der Waals surface area contributed by atoms with Gasteiger partial charge in [-0.05, 0) is 30.7 Å². The second-order valence-corrected chi connectivity index (χ2v) is 4.91. The minimum atomic E-state index is -0.451. The van der Waals surface area contributed by atoms with Crippen LogP contribution in [0.4, 0.5) is 4.39 Å². The van der Waals surface area contributed by atoms with E-state index >= 15 is 0 Å². The fourth-order valence-electron chi connectivity index (χ4n) is 2.11. The van der Waals surface area contributed by atoms with Gasteiger partial charge in [-0.3, -0.25) is 4.79 Å². The Bertz CT molecular complexity index is 458. The Balaban J connectivity index is 0.00000220.